The van der Waals surface area contributed by atoms with Gasteiger partial charge in [-0.3, -0.25) is 4.79 Å². The molecule has 2 aromatic rings. The highest BCUT2D eigenvalue weighted by atomic mass is 19.1. The van der Waals surface area contributed by atoms with E-state index in [-0.39, 0.29) is 11.7 Å². The van der Waals surface area contributed by atoms with Gasteiger partial charge < -0.3 is 10.0 Å². The molecule has 0 bridgehead atoms. The summed E-state index contributed by atoms with van der Waals surface area (Å²) in [6.07, 6.45) is 0.677. The van der Waals surface area contributed by atoms with Crippen LogP contribution in [0.25, 0.3) is 10.8 Å². The van der Waals surface area contributed by atoms with Crippen molar-refractivity contribution in [2.75, 3.05) is 18.0 Å². The number of hydrogen-bond acceptors (Lipinski definition) is 2. The molecule has 1 aliphatic heterocycles. The molecule has 98 valence electrons. The van der Waals surface area contributed by atoms with Crippen molar-refractivity contribution in [3.63, 3.8) is 0 Å². The number of halogens is 1. The Bertz CT molecular complexity index is 641. The standard InChI is InChI=1S/C15H14FNO2/c16-13-3-1-11-8-14(4-2-10(11)7-13)17-6-5-12(9-17)15(18)19/h1-4,7-8,12H,5-6,9H2,(H,18,19)/t12-/m1/s1. The summed E-state index contributed by atoms with van der Waals surface area (Å²) in [6.45, 7) is 1.30. The lowest BCUT2D eigenvalue weighted by Gasteiger charge is -2.18. The van der Waals surface area contributed by atoms with E-state index in [1.807, 2.05) is 18.2 Å². The predicted octanol–water partition coefficient (Wildman–Crippen LogP) is 2.89. The van der Waals surface area contributed by atoms with Gasteiger partial charge in [-0.2, -0.15) is 0 Å². The maximum absolute atomic E-state index is 13.1. The minimum absolute atomic E-state index is 0.243. The van der Waals surface area contributed by atoms with Crippen molar-refractivity contribution in [1.29, 1.82) is 0 Å². The van der Waals surface area contributed by atoms with E-state index in [4.69, 9.17) is 5.11 Å². The summed E-state index contributed by atoms with van der Waals surface area (Å²) in [4.78, 5) is 13.0. The van der Waals surface area contributed by atoms with Gasteiger partial charge in [-0.05, 0) is 41.5 Å². The highest BCUT2D eigenvalue weighted by molar-refractivity contribution is 5.86. The molecule has 0 aliphatic carbocycles. The van der Waals surface area contributed by atoms with Crippen LogP contribution >= 0.6 is 0 Å². The SMILES string of the molecule is O=C(O)[C@@H]1CCN(c2ccc3cc(F)ccc3c2)C1. The summed E-state index contributed by atoms with van der Waals surface area (Å²) in [5.41, 5.74) is 1.00. The second-order valence-electron chi connectivity index (χ2n) is 4.95. The molecule has 1 atom stereocenters. The molecule has 1 aliphatic rings. The third kappa shape index (κ3) is 2.26. The molecule has 2 aromatic carbocycles. The largest absolute Gasteiger partial charge is 0.481 e. The summed E-state index contributed by atoms with van der Waals surface area (Å²) in [6, 6.07) is 10.5. The number of anilines is 1. The molecule has 0 unspecified atom stereocenters. The molecule has 0 radical (unpaired) electrons. The lowest BCUT2D eigenvalue weighted by atomic mass is 10.1. The van der Waals surface area contributed by atoms with Gasteiger partial charge in [-0.25, -0.2) is 4.39 Å². The van der Waals surface area contributed by atoms with Crippen LogP contribution in [0.15, 0.2) is 36.4 Å². The summed E-state index contributed by atoms with van der Waals surface area (Å²) >= 11 is 0. The predicted molar refractivity (Wildman–Crippen MR) is 71.9 cm³/mol. The number of fused-ring (bicyclic) bond motifs is 1. The molecule has 1 heterocycles. The smallest absolute Gasteiger partial charge is 0.308 e. The zero-order chi connectivity index (χ0) is 13.4. The van der Waals surface area contributed by atoms with E-state index >= 15 is 0 Å². The van der Waals surface area contributed by atoms with Crippen molar-refractivity contribution in [2.24, 2.45) is 5.92 Å². The topological polar surface area (TPSA) is 40.5 Å². The second kappa shape index (κ2) is 4.53. The first-order chi connectivity index (χ1) is 9.13. The molecule has 0 spiro atoms. The van der Waals surface area contributed by atoms with Gasteiger partial charge in [-0.15, -0.1) is 0 Å². The highest BCUT2D eigenvalue weighted by Gasteiger charge is 2.28. The Morgan fingerprint density at radius 3 is 2.68 bits per heavy atom. The lowest BCUT2D eigenvalue weighted by Crippen LogP contribution is -2.22. The highest BCUT2D eigenvalue weighted by Crippen LogP contribution is 2.27. The molecule has 4 heteroatoms. The fourth-order valence-corrected chi connectivity index (χ4v) is 2.60. The van der Waals surface area contributed by atoms with Crippen molar-refractivity contribution in [1.82, 2.24) is 0 Å². The van der Waals surface area contributed by atoms with Crippen molar-refractivity contribution in [2.45, 2.75) is 6.42 Å². The minimum Gasteiger partial charge on any atom is -0.481 e. The van der Waals surface area contributed by atoms with Gasteiger partial charge in [0.1, 0.15) is 5.82 Å². The van der Waals surface area contributed by atoms with Crippen LogP contribution in [0.1, 0.15) is 6.42 Å². The van der Waals surface area contributed by atoms with Crippen LogP contribution in [0.3, 0.4) is 0 Å². The van der Waals surface area contributed by atoms with Gasteiger partial charge in [0.05, 0.1) is 5.92 Å². The number of nitrogens with zero attached hydrogens (tertiary/aromatic N) is 1. The summed E-state index contributed by atoms with van der Waals surface area (Å²) in [5, 5.41) is 10.8. The number of rotatable bonds is 2. The number of carboxylic acid groups (broad SMARTS) is 1. The molecule has 1 fully saturated rings. The van der Waals surface area contributed by atoms with Crippen LogP contribution in [0.4, 0.5) is 10.1 Å². The van der Waals surface area contributed by atoms with Crippen LogP contribution in [0, 0.1) is 11.7 Å². The molecule has 0 saturated carbocycles. The van der Waals surface area contributed by atoms with Gasteiger partial charge >= 0.3 is 5.97 Å². The third-order valence-electron chi connectivity index (χ3n) is 3.69. The number of benzene rings is 2. The Labute approximate surface area is 110 Å². The number of carboxylic acids is 1. The minimum atomic E-state index is -0.731. The van der Waals surface area contributed by atoms with E-state index in [0.29, 0.717) is 13.0 Å². The van der Waals surface area contributed by atoms with Crippen LogP contribution in [-0.2, 0) is 4.79 Å². The molecule has 3 nitrogen and oxygen atoms in total. The van der Waals surface area contributed by atoms with E-state index in [9.17, 15) is 9.18 Å². The molecule has 1 N–H and O–H groups in total. The van der Waals surface area contributed by atoms with Crippen molar-refractivity contribution in [3.05, 3.63) is 42.2 Å². The van der Waals surface area contributed by atoms with Crippen LogP contribution in [-0.4, -0.2) is 24.2 Å². The van der Waals surface area contributed by atoms with E-state index in [2.05, 4.69) is 4.90 Å². The second-order valence-corrected chi connectivity index (χ2v) is 4.95. The van der Waals surface area contributed by atoms with E-state index in [1.54, 1.807) is 6.07 Å². The third-order valence-corrected chi connectivity index (χ3v) is 3.69. The molecule has 19 heavy (non-hydrogen) atoms. The average molecular weight is 259 g/mol. The van der Waals surface area contributed by atoms with E-state index in [1.165, 1.54) is 12.1 Å². The van der Waals surface area contributed by atoms with Gasteiger partial charge in [0, 0.05) is 18.8 Å². The molecular weight excluding hydrogens is 245 g/mol. The molecule has 3 rings (SSSR count). The van der Waals surface area contributed by atoms with Gasteiger partial charge in [0.2, 0.25) is 0 Å². The van der Waals surface area contributed by atoms with Crippen molar-refractivity contribution >= 4 is 22.4 Å². The molecular formula is C15H14FNO2. The van der Waals surface area contributed by atoms with Crippen LogP contribution < -0.4 is 4.90 Å². The monoisotopic (exact) mass is 259 g/mol. The first-order valence-electron chi connectivity index (χ1n) is 6.30. The molecule has 0 amide bonds. The molecule has 1 saturated heterocycles. The average Bonchev–Trinajstić information content (AvgIpc) is 2.88. The summed E-state index contributed by atoms with van der Waals surface area (Å²) in [7, 11) is 0. The zero-order valence-corrected chi connectivity index (χ0v) is 10.3. The maximum atomic E-state index is 13.1. The Balaban J connectivity index is 1.90. The quantitative estimate of drug-likeness (QED) is 0.901. The Hall–Kier alpha value is -2.10. The Morgan fingerprint density at radius 1 is 1.21 bits per heavy atom. The summed E-state index contributed by atoms with van der Waals surface area (Å²) < 4.78 is 13.1. The van der Waals surface area contributed by atoms with Crippen LogP contribution in [0.5, 0.6) is 0 Å². The van der Waals surface area contributed by atoms with E-state index < -0.39 is 5.97 Å². The normalized spacial score (nSPS) is 19.0. The fourth-order valence-electron chi connectivity index (χ4n) is 2.60. The fraction of sp³-hybridized carbons (Fsp3) is 0.267. The number of hydrogen-bond donors (Lipinski definition) is 1. The van der Waals surface area contributed by atoms with Gasteiger partial charge in [0.25, 0.3) is 0 Å². The molecule has 0 aromatic heterocycles. The Kier molecular flexibility index (Phi) is 2.85. The zero-order valence-electron chi connectivity index (χ0n) is 10.3. The van der Waals surface area contributed by atoms with E-state index in [0.717, 1.165) is 23.0 Å². The Morgan fingerprint density at radius 2 is 1.95 bits per heavy atom. The lowest BCUT2D eigenvalue weighted by molar-refractivity contribution is -0.140. The number of carbonyl (C=O) groups is 1. The van der Waals surface area contributed by atoms with Crippen molar-refractivity contribution < 1.29 is 14.3 Å². The maximum Gasteiger partial charge on any atom is 0.308 e. The van der Waals surface area contributed by atoms with Crippen LogP contribution in [0.2, 0.25) is 0 Å². The van der Waals surface area contributed by atoms with Gasteiger partial charge in [-0.1, -0.05) is 12.1 Å². The first kappa shape index (κ1) is 12.0. The number of aliphatic carboxylic acids is 1. The summed E-state index contributed by atoms with van der Waals surface area (Å²) in [5.74, 6) is -1.26. The van der Waals surface area contributed by atoms with Crippen molar-refractivity contribution in [3.8, 4) is 0 Å². The van der Waals surface area contributed by atoms with Gasteiger partial charge in [0.15, 0.2) is 0 Å². The first-order valence-corrected chi connectivity index (χ1v) is 6.30.